The van der Waals surface area contributed by atoms with E-state index in [4.69, 9.17) is 16.3 Å². The number of carbonyl (C=O) groups is 2. The zero-order chi connectivity index (χ0) is 26.8. The van der Waals surface area contributed by atoms with Gasteiger partial charge in [-0.1, -0.05) is 23.7 Å². The molecular formula is C27H18BrClN4O5. The third-order valence-electron chi connectivity index (χ3n) is 5.69. The van der Waals surface area contributed by atoms with Crippen LogP contribution in [0.25, 0.3) is 21.9 Å². The third-order valence-corrected chi connectivity index (χ3v) is 6.35. The van der Waals surface area contributed by atoms with E-state index in [9.17, 15) is 19.8 Å². The summed E-state index contributed by atoms with van der Waals surface area (Å²) in [4.78, 5) is 36.9. The standard InChI is InChI=1S/C27H18BrClN4O5/c28-17-10-15-3-8-23(33-24(15)30-13-17)38-19-5-1-14(2-6-19)9-22(27(36)37)32-25-20(26(34)35)12-16-11-18(29)4-7-21(16)31-25/h1-8,10-13,22H,9H2,(H,31,32)(H,34,35)(H,36,37)/t22-/m0/s1. The second-order valence-electron chi connectivity index (χ2n) is 8.36. The van der Waals surface area contributed by atoms with Crippen molar-refractivity contribution in [3.8, 4) is 11.6 Å². The van der Waals surface area contributed by atoms with Crippen LogP contribution in [0.1, 0.15) is 15.9 Å². The molecule has 0 fully saturated rings. The lowest BCUT2D eigenvalue weighted by molar-refractivity contribution is -0.137. The number of aromatic carboxylic acids is 1. The summed E-state index contributed by atoms with van der Waals surface area (Å²) in [6, 6.07) is 17.5. The predicted molar refractivity (Wildman–Crippen MR) is 146 cm³/mol. The zero-order valence-electron chi connectivity index (χ0n) is 19.4. The molecule has 5 aromatic rings. The van der Waals surface area contributed by atoms with Crippen LogP contribution in [0, 0.1) is 0 Å². The maximum Gasteiger partial charge on any atom is 0.339 e. The molecule has 0 bridgehead atoms. The van der Waals surface area contributed by atoms with Gasteiger partial charge in [-0.3, -0.25) is 0 Å². The van der Waals surface area contributed by atoms with Crippen molar-refractivity contribution in [2.75, 3.05) is 5.32 Å². The highest BCUT2D eigenvalue weighted by Crippen LogP contribution is 2.26. The molecule has 2 aromatic carbocycles. The first kappa shape index (κ1) is 25.4. The molecular weight excluding hydrogens is 576 g/mol. The molecule has 3 aromatic heterocycles. The number of carboxylic acids is 2. The summed E-state index contributed by atoms with van der Waals surface area (Å²) in [5.41, 5.74) is 1.57. The van der Waals surface area contributed by atoms with Crippen molar-refractivity contribution in [3.63, 3.8) is 0 Å². The van der Waals surface area contributed by atoms with Gasteiger partial charge >= 0.3 is 11.9 Å². The number of benzene rings is 2. The van der Waals surface area contributed by atoms with E-state index in [1.54, 1.807) is 54.7 Å². The number of anilines is 1. The maximum atomic E-state index is 12.0. The molecule has 1 atom stereocenters. The number of pyridine rings is 3. The van der Waals surface area contributed by atoms with E-state index in [2.05, 4.69) is 36.2 Å². The lowest BCUT2D eigenvalue weighted by Gasteiger charge is -2.17. The van der Waals surface area contributed by atoms with Crippen molar-refractivity contribution in [2.45, 2.75) is 12.5 Å². The summed E-state index contributed by atoms with van der Waals surface area (Å²) in [6.07, 6.45) is 1.73. The van der Waals surface area contributed by atoms with Crippen molar-refractivity contribution in [3.05, 3.63) is 93.5 Å². The Labute approximate surface area is 229 Å². The van der Waals surface area contributed by atoms with Crippen LogP contribution in [0.5, 0.6) is 11.6 Å². The lowest BCUT2D eigenvalue weighted by atomic mass is 10.0. The Hall–Kier alpha value is -4.28. The first-order valence-corrected chi connectivity index (χ1v) is 12.4. The Morgan fingerprint density at radius 2 is 1.76 bits per heavy atom. The molecule has 0 saturated carbocycles. The van der Waals surface area contributed by atoms with Crippen molar-refractivity contribution in [1.29, 1.82) is 0 Å². The van der Waals surface area contributed by atoms with Crippen LogP contribution in [-0.4, -0.2) is 43.1 Å². The summed E-state index contributed by atoms with van der Waals surface area (Å²) < 4.78 is 6.68. The quantitative estimate of drug-likeness (QED) is 0.192. The molecule has 0 aliphatic heterocycles. The second kappa shape index (κ2) is 10.6. The number of aromatic nitrogens is 3. The summed E-state index contributed by atoms with van der Waals surface area (Å²) in [5, 5.41) is 24.1. The van der Waals surface area contributed by atoms with E-state index in [1.807, 2.05) is 12.1 Å². The minimum Gasteiger partial charge on any atom is -0.480 e. The minimum absolute atomic E-state index is 0.0392. The van der Waals surface area contributed by atoms with Crippen molar-refractivity contribution >= 4 is 67.2 Å². The van der Waals surface area contributed by atoms with Gasteiger partial charge in [-0.15, -0.1) is 0 Å². The van der Waals surface area contributed by atoms with Gasteiger partial charge in [0, 0.05) is 39.0 Å². The van der Waals surface area contributed by atoms with E-state index in [0.717, 1.165) is 9.86 Å². The zero-order valence-corrected chi connectivity index (χ0v) is 21.8. The van der Waals surface area contributed by atoms with E-state index in [-0.39, 0.29) is 17.8 Å². The Bertz CT molecular complexity index is 1700. The Kier molecular flexibility index (Phi) is 7.08. The Balaban J connectivity index is 1.33. The molecule has 0 aliphatic carbocycles. The number of fused-ring (bicyclic) bond motifs is 2. The molecule has 190 valence electrons. The van der Waals surface area contributed by atoms with Gasteiger partial charge in [0.05, 0.1) is 5.52 Å². The lowest BCUT2D eigenvalue weighted by Crippen LogP contribution is -2.32. The monoisotopic (exact) mass is 592 g/mol. The summed E-state index contributed by atoms with van der Waals surface area (Å²) in [7, 11) is 0. The number of hydrogen-bond donors (Lipinski definition) is 3. The molecule has 38 heavy (non-hydrogen) atoms. The fourth-order valence-corrected chi connectivity index (χ4v) is 4.39. The fraction of sp³-hybridized carbons (Fsp3) is 0.0741. The van der Waals surface area contributed by atoms with Crippen molar-refractivity contribution in [2.24, 2.45) is 0 Å². The van der Waals surface area contributed by atoms with Gasteiger partial charge in [0.25, 0.3) is 0 Å². The van der Waals surface area contributed by atoms with Crippen LogP contribution in [0.2, 0.25) is 5.02 Å². The number of nitrogens with one attached hydrogen (secondary N) is 1. The molecule has 11 heteroatoms. The predicted octanol–water partition coefficient (Wildman–Crippen LogP) is 6.19. The highest BCUT2D eigenvalue weighted by molar-refractivity contribution is 9.10. The first-order chi connectivity index (χ1) is 18.2. The highest BCUT2D eigenvalue weighted by atomic mass is 79.9. The summed E-state index contributed by atoms with van der Waals surface area (Å²) in [6.45, 7) is 0. The topological polar surface area (TPSA) is 135 Å². The normalized spacial score (nSPS) is 11.8. The van der Waals surface area contributed by atoms with E-state index in [0.29, 0.717) is 38.8 Å². The molecule has 0 amide bonds. The van der Waals surface area contributed by atoms with Crippen molar-refractivity contribution < 1.29 is 24.5 Å². The van der Waals surface area contributed by atoms with Gasteiger partial charge < -0.3 is 20.3 Å². The number of halogens is 2. The minimum atomic E-state index is -1.24. The first-order valence-electron chi connectivity index (χ1n) is 11.3. The average Bonchev–Trinajstić information content (AvgIpc) is 2.89. The average molecular weight is 594 g/mol. The van der Waals surface area contributed by atoms with Gasteiger partial charge in [-0.2, -0.15) is 4.98 Å². The van der Waals surface area contributed by atoms with Crippen LogP contribution >= 0.6 is 27.5 Å². The molecule has 9 nitrogen and oxygen atoms in total. The van der Waals surface area contributed by atoms with E-state index in [1.165, 1.54) is 6.07 Å². The molecule has 3 N–H and O–H groups in total. The highest BCUT2D eigenvalue weighted by Gasteiger charge is 2.22. The Morgan fingerprint density at radius 1 is 0.974 bits per heavy atom. The number of nitrogens with zero attached hydrogens (tertiary/aromatic N) is 3. The van der Waals surface area contributed by atoms with Gasteiger partial charge in [0.15, 0.2) is 5.65 Å². The SMILES string of the molecule is O=C(O)c1cc2cc(Cl)ccc2nc1N[C@@H](Cc1ccc(Oc2ccc3cc(Br)cnc3n2)cc1)C(=O)O. The van der Waals surface area contributed by atoms with Gasteiger partial charge in [0.1, 0.15) is 23.2 Å². The van der Waals surface area contributed by atoms with Gasteiger partial charge in [-0.25, -0.2) is 19.6 Å². The van der Waals surface area contributed by atoms with Crippen LogP contribution in [0.15, 0.2) is 77.4 Å². The van der Waals surface area contributed by atoms with Gasteiger partial charge in [0.2, 0.25) is 5.88 Å². The molecule has 0 saturated heterocycles. The number of ether oxygens (including phenoxy) is 1. The molecule has 0 spiro atoms. The second-order valence-corrected chi connectivity index (χ2v) is 9.71. The van der Waals surface area contributed by atoms with Crippen LogP contribution in [-0.2, 0) is 11.2 Å². The maximum absolute atomic E-state index is 12.0. The molecule has 0 radical (unpaired) electrons. The molecule has 0 aliphatic rings. The largest absolute Gasteiger partial charge is 0.480 e. The summed E-state index contributed by atoms with van der Waals surface area (Å²) in [5.74, 6) is -1.55. The molecule has 3 heterocycles. The van der Waals surface area contributed by atoms with Gasteiger partial charge in [-0.05, 0) is 70.0 Å². The van der Waals surface area contributed by atoms with Crippen LogP contribution in [0.4, 0.5) is 5.82 Å². The molecule has 5 rings (SSSR count). The smallest absolute Gasteiger partial charge is 0.339 e. The van der Waals surface area contributed by atoms with Crippen LogP contribution < -0.4 is 10.1 Å². The molecule has 0 unspecified atom stereocenters. The van der Waals surface area contributed by atoms with E-state index >= 15 is 0 Å². The van der Waals surface area contributed by atoms with E-state index < -0.39 is 18.0 Å². The number of hydrogen-bond acceptors (Lipinski definition) is 7. The Morgan fingerprint density at radius 3 is 2.50 bits per heavy atom. The number of rotatable bonds is 8. The fourth-order valence-electron chi connectivity index (χ4n) is 3.86. The number of carboxylic acid groups (broad SMARTS) is 2. The third kappa shape index (κ3) is 5.66. The number of aliphatic carboxylic acids is 1. The van der Waals surface area contributed by atoms with Crippen molar-refractivity contribution in [1.82, 2.24) is 15.0 Å². The van der Waals surface area contributed by atoms with Crippen LogP contribution in [0.3, 0.4) is 0 Å². The summed E-state index contributed by atoms with van der Waals surface area (Å²) >= 11 is 9.39.